The van der Waals surface area contributed by atoms with Crippen molar-refractivity contribution in [3.8, 4) is 5.75 Å². The highest BCUT2D eigenvalue weighted by Crippen LogP contribution is 2.16. The molecule has 0 fully saturated rings. The summed E-state index contributed by atoms with van der Waals surface area (Å²) in [7, 11) is 0. The van der Waals surface area contributed by atoms with Crippen molar-refractivity contribution in [2.75, 3.05) is 6.61 Å². The molecule has 0 heterocycles. The average Bonchev–Trinajstić information content (AvgIpc) is 2.52. The second kappa shape index (κ2) is 6.90. The molecule has 0 aliphatic carbocycles. The van der Waals surface area contributed by atoms with Crippen LogP contribution in [0.1, 0.15) is 34.5 Å². The fraction of sp³-hybridized carbons (Fsp3) is 0.235. The third-order valence-electron chi connectivity index (χ3n) is 3.39. The van der Waals surface area contributed by atoms with E-state index in [4.69, 9.17) is 0 Å². The summed E-state index contributed by atoms with van der Waals surface area (Å²) < 4.78 is 0. The van der Waals surface area contributed by atoms with Crippen LogP contribution in [0.2, 0.25) is 0 Å². The van der Waals surface area contributed by atoms with Gasteiger partial charge in [0.05, 0.1) is 12.6 Å². The van der Waals surface area contributed by atoms with Crippen molar-refractivity contribution in [1.82, 2.24) is 5.32 Å². The lowest BCUT2D eigenvalue weighted by atomic mass is 10.0. The number of amides is 1. The minimum absolute atomic E-state index is 0.0375. The molecule has 1 atom stereocenters. The average molecular weight is 285 g/mol. The van der Waals surface area contributed by atoms with E-state index in [1.807, 2.05) is 24.3 Å². The van der Waals surface area contributed by atoms with E-state index in [1.165, 1.54) is 17.7 Å². The van der Waals surface area contributed by atoms with Gasteiger partial charge in [-0.25, -0.2) is 0 Å². The van der Waals surface area contributed by atoms with Crippen molar-refractivity contribution in [3.05, 3.63) is 65.2 Å². The van der Waals surface area contributed by atoms with Gasteiger partial charge in [0.25, 0.3) is 5.91 Å². The van der Waals surface area contributed by atoms with Crippen LogP contribution in [-0.4, -0.2) is 22.7 Å². The monoisotopic (exact) mass is 285 g/mol. The van der Waals surface area contributed by atoms with Crippen LogP contribution in [0, 0.1) is 0 Å². The lowest BCUT2D eigenvalue weighted by molar-refractivity contribution is 0.0916. The number of aryl methyl sites for hydroxylation is 1. The van der Waals surface area contributed by atoms with E-state index in [9.17, 15) is 15.0 Å². The highest BCUT2D eigenvalue weighted by atomic mass is 16.3. The Morgan fingerprint density at radius 3 is 2.48 bits per heavy atom. The Hall–Kier alpha value is -2.33. The highest BCUT2D eigenvalue weighted by Gasteiger charge is 2.15. The summed E-state index contributed by atoms with van der Waals surface area (Å²) in [5.74, 6) is -0.292. The minimum Gasteiger partial charge on any atom is -0.508 e. The number of aliphatic hydroxyl groups is 1. The van der Waals surface area contributed by atoms with Gasteiger partial charge in [0, 0.05) is 5.56 Å². The molecule has 0 radical (unpaired) electrons. The lowest BCUT2D eigenvalue weighted by Gasteiger charge is -2.17. The summed E-state index contributed by atoms with van der Waals surface area (Å²) in [6.45, 7) is 1.89. The molecule has 1 amide bonds. The molecule has 3 N–H and O–H groups in total. The van der Waals surface area contributed by atoms with Gasteiger partial charge in [-0.3, -0.25) is 4.79 Å². The molecule has 110 valence electrons. The van der Waals surface area contributed by atoms with Gasteiger partial charge in [-0.05, 0) is 35.7 Å². The van der Waals surface area contributed by atoms with Crippen molar-refractivity contribution in [3.63, 3.8) is 0 Å². The molecule has 0 saturated heterocycles. The van der Waals surface area contributed by atoms with E-state index in [0.29, 0.717) is 5.56 Å². The fourth-order valence-corrected chi connectivity index (χ4v) is 2.11. The number of carbonyl (C=O) groups is 1. The molecule has 0 aliphatic rings. The number of hydrogen-bond donors (Lipinski definition) is 3. The maximum absolute atomic E-state index is 12.1. The second-order valence-electron chi connectivity index (χ2n) is 4.85. The Kier molecular flexibility index (Phi) is 4.95. The Balaban J connectivity index is 2.12. The molecule has 2 aromatic carbocycles. The number of phenolic OH excluding ortho intramolecular Hbond substituents is 1. The molecule has 1 unspecified atom stereocenters. The zero-order chi connectivity index (χ0) is 15.2. The smallest absolute Gasteiger partial charge is 0.251 e. The van der Waals surface area contributed by atoms with Crippen molar-refractivity contribution in [1.29, 1.82) is 0 Å². The molecule has 2 aromatic rings. The van der Waals surface area contributed by atoms with Gasteiger partial charge >= 0.3 is 0 Å². The van der Waals surface area contributed by atoms with Crippen molar-refractivity contribution < 1.29 is 15.0 Å². The second-order valence-corrected chi connectivity index (χ2v) is 4.85. The number of benzene rings is 2. The fourth-order valence-electron chi connectivity index (χ4n) is 2.11. The van der Waals surface area contributed by atoms with Gasteiger partial charge in [-0.2, -0.15) is 0 Å². The van der Waals surface area contributed by atoms with Gasteiger partial charge in [0.2, 0.25) is 0 Å². The Morgan fingerprint density at radius 2 is 1.90 bits per heavy atom. The quantitative estimate of drug-likeness (QED) is 0.790. The number of rotatable bonds is 5. The Bertz CT molecular complexity index is 608. The van der Waals surface area contributed by atoms with E-state index in [-0.39, 0.29) is 18.3 Å². The predicted octanol–water partition coefficient (Wildman–Crippen LogP) is 2.42. The number of carbonyl (C=O) groups excluding carboxylic acids is 1. The lowest BCUT2D eigenvalue weighted by Crippen LogP contribution is -2.30. The minimum atomic E-state index is -0.467. The van der Waals surface area contributed by atoms with Crippen LogP contribution in [0.15, 0.2) is 48.5 Å². The van der Waals surface area contributed by atoms with Crippen LogP contribution in [0.3, 0.4) is 0 Å². The first kappa shape index (κ1) is 15.1. The molecular formula is C17H19NO3. The van der Waals surface area contributed by atoms with Crippen LogP contribution in [0.5, 0.6) is 5.75 Å². The van der Waals surface area contributed by atoms with Gasteiger partial charge in [0.1, 0.15) is 5.75 Å². The Labute approximate surface area is 124 Å². The number of aliphatic hydroxyl groups excluding tert-OH is 1. The zero-order valence-electron chi connectivity index (χ0n) is 11.9. The molecule has 0 saturated carbocycles. The first-order chi connectivity index (χ1) is 10.1. The number of aromatic hydroxyl groups is 1. The van der Waals surface area contributed by atoms with E-state index >= 15 is 0 Å². The molecule has 0 spiro atoms. The van der Waals surface area contributed by atoms with Gasteiger partial charge in [-0.1, -0.05) is 37.3 Å². The van der Waals surface area contributed by atoms with Gasteiger partial charge in [-0.15, -0.1) is 0 Å². The van der Waals surface area contributed by atoms with Crippen molar-refractivity contribution in [2.45, 2.75) is 19.4 Å². The SMILES string of the molecule is CCc1ccc(C(CO)NC(=O)c2cccc(O)c2)cc1. The first-order valence-electron chi connectivity index (χ1n) is 6.93. The third kappa shape index (κ3) is 3.83. The summed E-state index contributed by atoms with van der Waals surface area (Å²) in [5, 5.41) is 21.7. The zero-order valence-corrected chi connectivity index (χ0v) is 11.9. The molecule has 0 bridgehead atoms. The normalized spacial score (nSPS) is 11.9. The van der Waals surface area contributed by atoms with Crippen LogP contribution >= 0.6 is 0 Å². The summed E-state index contributed by atoms with van der Waals surface area (Å²) in [5.41, 5.74) is 2.41. The number of phenols is 1. The van der Waals surface area contributed by atoms with E-state index in [1.54, 1.807) is 12.1 Å². The summed E-state index contributed by atoms with van der Waals surface area (Å²) >= 11 is 0. The highest BCUT2D eigenvalue weighted by molar-refractivity contribution is 5.94. The van der Waals surface area contributed by atoms with Crippen LogP contribution < -0.4 is 5.32 Å². The molecule has 2 rings (SSSR count). The molecule has 21 heavy (non-hydrogen) atoms. The van der Waals surface area contributed by atoms with Gasteiger partial charge in [0.15, 0.2) is 0 Å². The van der Waals surface area contributed by atoms with Gasteiger partial charge < -0.3 is 15.5 Å². The predicted molar refractivity (Wildman–Crippen MR) is 81.2 cm³/mol. The summed E-state index contributed by atoms with van der Waals surface area (Å²) in [6, 6.07) is 13.4. The topological polar surface area (TPSA) is 69.6 Å². The third-order valence-corrected chi connectivity index (χ3v) is 3.39. The molecule has 4 heteroatoms. The van der Waals surface area contributed by atoms with Crippen LogP contribution in [-0.2, 0) is 6.42 Å². The number of nitrogens with one attached hydrogen (secondary N) is 1. The van der Waals surface area contributed by atoms with Crippen LogP contribution in [0.25, 0.3) is 0 Å². The maximum Gasteiger partial charge on any atom is 0.251 e. The summed E-state index contributed by atoms with van der Waals surface area (Å²) in [6.07, 6.45) is 0.944. The van der Waals surface area contributed by atoms with E-state index in [0.717, 1.165) is 12.0 Å². The van der Waals surface area contributed by atoms with E-state index < -0.39 is 6.04 Å². The molecule has 0 aliphatic heterocycles. The molecular weight excluding hydrogens is 266 g/mol. The van der Waals surface area contributed by atoms with Crippen LogP contribution in [0.4, 0.5) is 0 Å². The first-order valence-corrected chi connectivity index (χ1v) is 6.93. The summed E-state index contributed by atoms with van der Waals surface area (Å²) in [4.78, 5) is 12.1. The molecule has 4 nitrogen and oxygen atoms in total. The largest absolute Gasteiger partial charge is 0.508 e. The molecule has 0 aromatic heterocycles. The van der Waals surface area contributed by atoms with E-state index in [2.05, 4.69) is 12.2 Å². The van der Waals surface area contributed by atoms with Crippen molar-refractivity contribution >= 4 is 5.91 Å². The Morgan fingerprint density at radius 1 is 1.19 bits per heavy atom. The van der Waals surface area contributed by atoms with Crippen molar-refractivity contribution in [2.24, 2.45) is 0 Å². The maximum atomic E-state index is 12.1. The number of hydrogen-bond acceptors (Lipinski definition) is 3. The standard InChI is InChI=1S/C17H19NO3/c1-2-12-6-8-13(9-7-12)16(11-19)18-17(21)14-4-3-5-15(20)10-14/h3-10,16,19-20H,2,11H2,1H3,(H,18,21).